The van der Waals surface area contributed by atoms with E-state index in [4.69, 9.17) is 5.73 Å². The van der Waals surface area contributed by atoms with E-state index < -0.39 is 0 Å². The second-order valence-electron chi connectivity index (χ2n) is 5.01. The maximum Gasteiger partial charge on any atom is 0.0380 e. The van der Waals surface area contributed by atoms with E-state index in [2.05, 4.69) is 25.2 Å². The minimum atomic E-state index is -0.0727. The number of hydrogen-bond donors (Lipinski definition) is 1. The largest absolute Gasteiger partial charge is 0.322 e. The van der Waals surface area contributed by atoms with Gasteiger partial charge in [0, 0.05) is 5.54 Å². The maximum absolute atomic E-state index is 6.33. The summed E-state index contributed by atoms with van der Waals surface area (Å²) in [4.78, 5) is 0. The van der Waals surface area contributed by atoms with Crippen molar-refractivity contribution in [2.75, 3.05) is 0 Å². The van der Waals surface area contributed by atoms with Gasteiger partial charge in [-0.25, -0.2) is 0 Å². The molecule has 78 valence electrons. The maximum atomic E-state index is 6.33. The topological polar surface area (TPSA) is 26.0 Å². The van der Waals surface area contributed by atoms with Gasteiger partial charge < -0.3 is 5.73 Å². The molecule has 0 radical (unpaired) electrons. The molecule has 14 heavy (non-hydrogen) atoms. The molecule has 0 spiro atoms. The van der Waals surface area contributed by atoms with E-state index in [9.17, 15) is 0 Å². The first-order chi connectivity index (χ1) is 6.70. The van der Waals surface area contributed by atoms with E-state index in [1.54, 1.807) is 0 Å². The summed E-state index contributed by atoms with van der Waals surface area (Å²) < 4.78 is 0. The van der Waals surface area contributed by atoms with Gasteiger partial charge in [0.15, 0.2) is 0 Å². The van der Waals surface area contributed by atoms with Crippen molar-refractivity contribution >= 4 is 0 Å². The van der Waals surface area contributed by atoms with Gasteiger partial charge in [0.2, 0.25) is 0 Å². The zero-order valence-corrected chi connectivity index (χ0v) is 9.13. The number of allylic oxidation sites excluding steroid dienone is 2. The summed E-state index contributed by atoms with van der Waals surface area (Å²) in [5.74, 6) is 0.767. The van der Waals surface area contributed by atoms with E-state index in [0.717, 1.165) is 12.3 Å². The second-order valence-corrected chi connectivity index (χ2v) is 5.01. The number of hydrogen-bond acceptors (Lipinski definition) is 1. The van der Waals surface area contributed by atoms with Crippen LogP contribution in [-0.4, -0.2) is 5.54 Å². The van der Waals surface area contributed by atoms with Crippen LogP contribution >= 0.6 is 0 Å². The van der Waals surface area contributed by atoms with Gasteiger partial charge in [0.1, 0.15) is 0 Å². The molecule has 0 aromatic carbocycles. The summed E-state index contributed by atoms with van der Waals surface area (Å²) >= 11 is 0. The molecule has 2 N–H and O–H groups in total. The first kappa shape index (κ1) is 9.97. The highest BCUT2D eigenvalue weighted by atomic mass is 14.7. The standard InChI is InChI=1S/C13H21N/c1-13(14)10-6-5-9-12(13)11-7-3-2-4-8-11/h5-6,9,11H,2-4,7-8,10,14H2,1H3. The molecule has 1 atom stereocenters. The molecule has 2 aliphatic rings. The third-order valence-corrected chi connectivity index (χ3v) is 3.66. The average Bonchev–Trinajstić information content (AvgIpc) is 2.18. The van der Waals surface area contributed by atoms with Crippen molar-refractivity contribution in [3.05, 3.63) is 23.8 Å². The monoisotopic (exact) mass is 191 g/mol. The smallest absolute Gasteiger partial charge is 0.0380 e. The van der Waals surface area contributed by atoms with Gasteiger partial charge in [-0.15, -0.1) is 0 Å². The zero-order chi connectivity index (χ0) is 10.0. The molecule has 1 fully saturated rings. The summed E-state index contributed by atoms with van der Waals surface area (Å²) in [5, 5.41) is 0. The molecule has 1 heteroatoms. The van der Waals surface area contributed by atoms with Crippen LogP contribution in [0.15, 0.2) is 23.8 Å². The lowest BCUT2D eigenvalue weighted by atomic mass is 9.73. The first-order valence-corrected chi connectivity index (χ1v) is 5.86. The molecule has 0 aliphatic heterocycles. The van der Waals surface area contributed by atoms with Crippen LogP contribution < -0.4 is 5.73 Å². The predicted molar refractivity (Wildman–Crippen MR) is 61.0 cm³/mol. The average molecular weight is 191 g/mol. The molecule has 0 heterocycles. The highest BCUT2D eigenvalue weighted by molar-refractivity contribution is 5.31. The van der Waals surface area contributed by atoms with Crippen LogP contribution in [0.4, 0.5) is 0 Å². The quantitative estimate of drug-likeness (QED) is 0.677. The molecule has 0 saturated heterocycles. The third-order valence-electron chi connectivity index (χ3n) is 3.66. The van der Waals surface area contributed by atoms with Gasteiger partial charge in [-0.3, -0.25) is 0 Å². The molecule has 0 aromatic rings. The summed E-state index contributed by atoms with van der Waals surface area (Å²) in [6.45, 7) is 2.18. The molecule has 1 unspecified atom stereocenters. The van der Waals surface area contributed by atoms with Crippen LogP contribution in [-0.2, 0) is 0 Å². The molecular weight excluding hydrogens is 170 g/mol. The fraction of sp³-hybridized carbons (Fsp3) is 0.692. The molecule has 2 rings (SSSR count). The van der Waals surface area contributed by atoms with E-state index in [-0.39, 0.29) is 5.54 Å². The predicted octanol–water partition coefficient (Wildman–Crippen LogP) is 3.17. The van der Waals surface area contributed by atoms with Crippen LogP contribution in [0, 0.1) is 5.92 Å². The van der Waals surface area contributed by atoms with Crippen LogP contribution in [0.5, 0.6) is 0 Å². The summed E-state index contributed by atoms with van der Waals surface area (Å²) in [6, 6.07) is 0. The Labute approximate surface area is 87.1 Å². The van der Waals surface area contributed by atoms with Crippen LogP contribution in [0.3, 0.4) is 0 Å². The van der Waals surface area contributed by atoms with E-state index in [1.165, 1.54) is 37.7 Å². The van der Waals surface area contributed by atoms with Crippen LogP contribution in [0.25, 0.3) is 0 Å². The van der Waals surface area contributed by atoms with Gasteiger partial charge in [-0.2, -0.15) is 0 Å². The SMILES string of the molecule is CC1(N)CC=CC=C1C1CCCCC1. The number of nitrogens with two attached hydrogens (primary N) is 1. The van der Waals surface area contributed by atoms with Gasteiger partial charge in [0.05, 0.1) is 0 Å². The Morgan fingerprint density at radius 1 is 1.29 bits per heavy atom. The Morgan fingerprint density at radius 3 is 2.64 bits per heavy atom. The van der Waals surface area contributed by atoms with E-state index in [0.29, 0.717) is 0 Å². The molecule has 1 saturated carbocycles. The van der Waals surface area contributed by atoms with Crippen molar-refractivity contribution in [1.29, 1.82) is 0 Å². The van der Waals surface area contributed by atoms with Gasteiger partial charge >= 0.3 is 0 Å². The Bertz CT molecular complexity index is 254. The fourth-order valence-electron chi connectivity index (χ4n) is 2.81. The van der Waals surface area contributed by atoms with Crippen LogP contribution in [0.2, 0.25) is 0 Å². The Morgan fingerprint density at radius 2 is 2.00 bits per heavy atom. The highest BCUT2D eigenvalue weighted by Gasteiger charge is 2.30. The van der Waals surface area contributed by atoms with Crippen molar-refractivity contribution in [2.24, 2.45) is 11.7 Å². The number of rotatable bonds is 1. The summed E-state index contributed by atoms with van der Waals surface area (Å²) in [5.41, 5.74) is 7.76. The lowest BCUT2D eigenvalue weighted by molar-refractivity contribution is 0.357. The normalized spacial score (nSPS) is 34.3. The second kappa shape index (κ2) is 3.90. The van der Waals surface area contributed by atoms with Crippen molar-refractivity contribution in [2.45, 2.75) is 51.0 Å². The van der Waals surface area contributed by atoms with Gasteiger partial charge in [0.25, 0.3) is 0 Å². The minimum Gasteiger partial charge on any atom is -0.322 e. The van der Waals surface area contributed by atoms with Gasteiger partial charge in [-0.1, -0.05) is 37.5 Å². The molecule has 0 aromatic heterocycles. The van der Waals surface area contributed by atoms with Crippen molar-refractivity contribution in [3.63, 3.8) is 0 Å². The van der Waals surface area contributed by atoms with Crippen molar-refractivity contribution < 1.29 is 0 Å². The first-order valence-electron chi connectivity index (χ1n) is 5.86. The lowest BCUT2D eigenvalue weighted by Crippen LogP contribution is -2.41. The van der Waals surface area contributed by atoms with Gasteiger partial charge in [-0.05, 0) is 37.7 Å². The summed E-state index contributed by atoms with van der Waals surface area (Å²) in [7, 11) is 0. The Balaban J connectivity index is 2.14. The van der Waals surface area contributed by atoms with Crippen LogP contribution in [0.1, 0.15) is 45.4 Å². The zero-order valence-electron chi connectivity index (χ0n) is 9.13. The fourth-order valence-corrected chi connectivity index (χ4v) is 2.81. The minimum absolute atomic E-state index is 0.0727. The molecule has 0 bridgehead atoms. The lowest BCUT2D eigenvalue weighted by Gasteiger charge is -2.36. The highest BCUT2D eigenvalue weighted by Crippen LogP contribution is 2.37. The van der Waals surface area contributed by atoms with E-state index in [1.807, 2.05) is 0 Å². The third kappa shape index (κ3) is 1.93. The Kier molecular flexibility index (Phi) is 2.78. The molecule has 0 amide bonds. The summed E-state index contributed by atoms with van der Waals surface area (Å²) in [6.07, 6.45) is 14.5. The van der Waals surface area contributed by atoms with Crippen molar-refractivity contribution in [1.82, 2.24) is 0 Å². The Hall–Kier alpha value is -0.560. The molecule has 1 nitrogen and oxygen atoms in total. The molecule has 2 aliphatic carbocycles. The van der Waals surface area contributed by atoms with Crippen molar-refractivity contribution in [3.8, 4) is 0 Å². The molecular formula is C13H21N. The van der Waals surface area contributed by atoms with E-state index >= 15 is 0 Å².